The second kappa shape index (κ2) is 9.12. The molecule has 0 aromatic heterocycles. The number of hydrogen-bond acceptors (Lipinski definition) is 6. The Labute approximate surface area is 196 Å². The van der Waals surface area contributed by atoms with E-state index in [-0.39, 0.29) is 21.8 Å². The van der Waals surface area contributed by atoms with Crippen LogP contribution in [0.3, 0.4) is 0 Å². The third-order valence-corrected chi connectivity index (χ3v) is 7.59. The lowest BCUT2D eigenvalue weighted by Crippen LogP contribution is -2.16. The second-order valence-electron chi connectivity index (χ2n) is 7.44. The topological polar surface area (TPSA) is 135 Å². The Morgan fingerprint density at radius 3 is 2.18 bits per heavy atom. The number of benzene rings is 4. The van der Waals surface area contributed by atoms with E-state index < -0.39 is 30.7 Å². The van der Waals surface area contributed by atoms with E-state index >= 15 is 0 Å². The van der Waals surface area contributed by atoms with E-state index in [1.807, 2.05) is 30.3 Å². The van der Waals surface area contributed by atoms with E-state index in [0.717, 1.165) is 10.8 Å². The summed E-state index contributed by atoms with van der Waals surface area (Å²) in [6, 6.07) is 23.2. The molecule has 0 saturated heterocycles. The van der Waals surface area contributed by atoms with E-state index in [0.29, 0.717) is 5.69 Å². The standard InChI is InChI=1S/C23H19N3O6S2/c27-26(28)20-8-3-5-17(15-20)16-33(29,30)24-19-11-13-21(14-12-19)34(31,32)25-23-10-4-7-18-6-1-2-9-22(18)23/h1-15,24-25H,16H2. The molecule has 9 nitrogen and oxygen atoms in total. The lowest BCUT2D eigenvalue weighted by Gasteiger charge is -2.12. The molecule has 0 aliphatic rings. The second-order valence-corrected chi connectivity index (χ2v) is 10.8. The first-order valence-electron chi connectivity index (χ1n) is 9.97. The van der Waals surface area contributed by atoms with E-state index in [2.05, 4.69) is 9.44 Å². The maximum Gasteiger partial charge on any atom is 0.269 e. The van der Waals surface area contributed by atoms with E-state index in [9.17, 15) is 26.9 Å². The molecule has 0 bridgehead atoms. The van der Waals surface area contributed by atoms with Crippen molar-refractivity contribution in [2.24, 2.45) is 0 Å². The number of rotatable bonds is 8. The van der Waals surface area contributed by atoms with Gasteiger partial charge in [-0.05, 0) is 41.3 Å². The number of nitro groups is 1. The van der Waals surface area contributed by atoms with Gasteiger partial charge in [-0.25, -0.2) is 16.8 Å². The van der Waals surface area contributed by atoms with Gasteiger partial charge in [0.05, 0.1) is 21.3 Å². The van der Waals surface area contributed by atoms with Gasteiger partial charge >= 0.3 is 0 Å². The lowest BCUT2D eigenvalue weighted by molar-refractivity contribution is -0.384. The molecule has 34 heavy (non-hydrogen) atoms. The highest BCUT2D eigenvalue weighted by atomic mass is 32.2. The fourth-order valence-corrected chi connectivity index (χ4v) is 5.68. The zero-order chi connectivity index (χ0) is 24.3. The Balaban J connectivity index is 1.50. The van der Waals surface area contributed by atoms with Gasteiger partial charge in [-0.15, -0.1) is 0 Å². The van der Waals surface area contributed by atoms with Gasteiger partial charge in [0, 0.05) is 23.2 Å². The summed E-state index contributed by atoms with van der Waals surface area (Å²) in [5, 5.41) is 12.5. The van der Waals surface area contributed by atoms with Crippen LogP contribution in [0, 0.1) is 10.1 Å². The summed E-state index contributed by atoms with van der Waals surface area (Å²) in [6.07, 6.45) is 0. The van der Waals surface area contributed by atoms with Crippen LogP contribution >= 0.6 is 0 Å². The molecule has 174 valence electrons. The first-order valence-corrected chi connectivity index (χ1v) is 13.1. The number of sulfonamides is 2. The van der Waals surface area contributed by atoms with Crippen LogP contribution in [0.5, 0.6) is 0 Å². The average molecular weight is 498 g/mol. The molecule has 4 aromatic carbocycles. The van der Waals surface area contributed by atoms with Crippen LogP contribution in [-0.4, -0.2) is 21.8 Å². The summed E-state index contributed by atoms with van der Waals surface area (Å²) in [4.78, 5) is 10.2. The summed E-state index contributed by atoms with van der Waals surface area (Å²) in [5.41, 5.74) is 0.635. The number of anilines is 2. The summed E-state index contributed by atoms with van der Waals surface area (Å²) >= 11 is 0. The highest BCUT2D eigenvalue weighted by Crippen LogP contribution is 2.26. The van der Waals surface area contributed by atoms with Crippen molar-refractivity contribution in [3.8, 4) is 0 Å². The van der Waals surface area contributed by atoms with Gasteiger partial charge in [0.2, 0.25) is 10.0 Å². The molecule has 0 unspecified atom stereocenters. The molecular formula is C23H19N3O6S2. The third-order valence-electron chi connectivity index (χ3n) is 4.95. The molecular weight excluding hydrogens is 478 g/mol. The van der Waals surface area contributed by atoms with Crippen molar-refractivity contribution in [2.45, 2.75) is 10.6 Å². The Hall–Kier alpha value is -3.96. The number of fused-ring (bicyclic) bond motifs is 1. The number of nitrogens with one attached hydrogen (secondary N) is 2. The largest absolute Gasteiger partial charge is 0.283 e. The normalized spacial score (nSPS) is 11.8. The van der Waals surface area contributed by atoms with Gasteiger partial charge < -0.3 is 0 Å². The first-order chi connectivity index (χ1) is 16.1. The highest BCUT2D eigenvalue weighted by Gasteiger charge is 2.18. The van der Waals surface area contributed by atoms with Crippen molar-refractivity contribution in [1.82, 2.24) is 0 Å². The van der Waals surface area contributed by atoms with Crippen molar-refractivity contribution in [1.29, 1.82) is 0 Å². The predicted molar refractivity (Wildman–Crippen MR) is 131 cm³/mol. The van der Waals surface area contributed by atoms with Gasteiger partial charge in [0.25, 0.3) is 15.7 Å². The van der Waals surface area contributed by atoms with Crippen LogP contribution in [0.4, 0.5) is 17.1 Å². The SMILES string of the molecule is O=[N+]([O-])c1cccc(CS(=O)(=O)Nc2ccc(S(=O)(=O)Nc3cccc4ccccc34)cc2)c1. The van der Waals surface area contributed by atoms with Crippen molar-refractivity contribution < 1.29 is 21.8 Å². The predicted octanol–water partition coefficient (Wildman–Crippen LogP) is 4.49. The Morgan fingerprint density at radius 2 is 1.44 bits per heavy atom. The maximum absolute atomic E-state index is 12.9. The van der Waals surface area contributed by atoms with Crippen LogP contribution in [0.25, 0.3) is 10.8 Å². The fourth-order valence-electron chi connectivity index (χ4n) is 3.42. The molecule has 4 rings (SSSR count). The molecule has 0 atom stereocenters. The van der Waals surface area contributed by atoms with E-state index in [1.54, 1.807) is 12.1 Å². The van der Waals surface area contributed by atoms with Gasteiger partial charge in [0.1, 0.15) is 0 Å². The van der Waals surface area contributed by atoms with Gasteiger partial charge in [-0.1, -0.05) is 48.5 Å². The Bertz CT molecular complexity index is 1580. The maximum atomic E-state index is 12.9. The molecule has 0 amide bonds. The summed E-state index contributed by atoms with van der Waals surface area (Å²) in [6.45, 7) is 0. The van der Waals surface area contributed by atoms with Crippen LogP contribution in [0.1, 0.15) is 5.56 Å². The minimum Gasteiger partial charge on any atom is -0.283 e. The molecule has 11 heteroatoms. The van der Waals surface area contributed by atoms with Crippen LogP contribution in [-0.2, 0) is 25.8 Å². The van der Waals surface area contributed by atoms with Crippen LogP contribution in [0.2, 0.25) is 0 Å². The molecule has 0 saturated carbocycles. The van der Waals surface area contributed by atoms with Gasteiger partial charge in [-0.3, -0.25) is 19.6 Å². The lowest BCUT2D eigenvalue weighted by atomic mass is 10.1. The van der Waals surface area contributed by atoms with Gasteiger partial charge in [-0.2, -0.15) is 0 Å². The van der Waals surface area contributed by atoms with Crippen molar-refractivity contribution in [3.05, 3.63) is 107 Å². The van der Waals surface area contributed by atoms with Crippen molar-refractivity contribution in [3.63, 3.8) is 0 Å². The fraction of sp³-hybridized carbons (Fsp3) is 0.0435. The molecule has 0 aliphatic carbocycles. The van der Waals surface area contributed by atoms with E-state index in [1.165, 1.54) is 48.5 Å². The minimum atomic E-state index is -3.92. The zero-order valence-corrected chi connectivity index (χ0v) is 19.2. The monoisotopic (exact) mass is 497 g/mol. The number of non-ortho nitro benzene ring substituents is 1. The Kier molecular flexibility index (Phi) is 6.22. The summed E-state index contributed by atoms with van der Waals surface area (Å²) in [5.74, 6) is -0.475. The van der Waals surface area contributed by atoms with Crippen molar-refractivity contribution in [2.75, 3.05) is 9.44 Å². The molecule has 4 aromatic rings. The molecule has 0 spiro atoms. The van der Waals surface area contributed by atoms with Crippen LogP contribution in [0.15, 0.2) is 95.9 Å². The average Bonchev–Trinajstić information content (AvgIpc) is 2.79. The summed E-state index contributed by atoms with van der Waals surface area (Å²) < 4.78 is 55.6. The summed E-state index contributed by atoms with van der Waals surface area (Å²) in [7, 11) is -7.81. The number of nitrogens with zero attached hydrogens (tertiary/aromatic N) is 1. The Morgan fingerprint density at radius 1 is 0.765 bits per heavy atom. The first kappa shape index (κ1) is 23.2. The zero-order valence-electron chi connectivity index (χ0n) is 17.6. The molecule has 0 aliphatic heterocycles. The van der Waals surface area contributed by atoms with E-state index in [4.69, 9.17) is 0 Å². The molecule has 2 N–H and O–H groups in total. The smallest absolute Gasteiger partial charge is 0.269 e. The highest BCUT2D eigenvalue weighted by molar-refractivity contribution is 7.92. The molecule has 0 heterocycles. The molecule has 0 radical (unpaired) electrons. The van der Waals surface area contributed by atoms with Gasteiger partial charge in [0.15, 0.2) is 0 Å². The number of hydrogen-bond donors (Lipinski definition) is 2. The third kappa shape index (κ3) is 5.33. The van der Waals surface area contributed by atoms with Crippen molar-refractivity contribution >= 4 is 47.9 Å². The molecule has 0 fully saturated rings. The van der Waals surface area contributed by atoms with Crippen LogP contribution < -0.4 is 9.44 Å². The quantitative estimate of drug-likeness (QED) is 0.272. The minimum absolute atomic E-state index is 0.0398. The number of nitro benzene ring substituents is 1.